The van der Waals surface area contributed by atoms with E-state index in [4.69, 9.17) is 5.26 Å². The van der Waals surface area contributed by atoms with Crippen molar-refractivity contribution in [2.75, 3.05) is 5.32 Å². The number of para-hydroxylation sites is 1. The van der Waals surface area contributed by atoms with Gasteiger partial charge in [-0.2, -0.15) is 5.26 Å². The van der Waals surface area contributed by atoms with E-state index < -0.39 is 0 Å². The van der Waals surface area contributed by atoms with Crippen LogP contribution in [0, 0.1) is 11.3 Å². The van der Waals surface area contributed by atoms with Gasteiger partial charge in [-0.25, -0.2) is 0 Å². The molecule has 0 spiro atoms. The van der Waals surface area contributed by atoms with Crippen molar-refractivity contribution < 1.29 is 4.79 Å². The predicted octanol–water partition coefficient (Wildman–Crippen LogP) is 4.72. The minimum Gasteiger partial charge on any atom is -0.326 e. The predicted molar refractivity (Wildman–Crippen MR) is 104 cm³/mol. The van der Waals surface area contributed by atoms with Crippen LogP contribution >= 0.6 is 0 Å². The summed E-state index contributed by atoms with van der Waals surface area (Å²) in [4.78, 5) is 12.4. The molecule has 1 amide bonds. The summed E-state index contributed by atoms with van der Waals surface area (Å²) >= 11 is 0. The lowest BCUT2D eigenvalue weighted by molar-refractivity contribution is -0.116. The van der Waals surface area contributed by atoms with Crippen LogP contribution in [0.25, 0.3) is 0 Å². The third-order valence-electron chi connectivity index (χ3n) is 4.25. The number of hydrogen-bond acceptors (Lipinski definition) is 2. The Kier molecular flexibility index (Phi) is 5.80. The van der Waals surface area contributed by atoms with Gasteiger partial charge in [0.15, 0.2) is 0 Å². The number of nitriles is 1. The lowest BCUT2D eigenvalue weighted by Gasteiger charge is -2.11. The summed E-state index contributed by atoms with van der Waals surface area (Å²) in [6.45, 7) is 0. The minimum atomic E-state index is -0.00475. The number of carbonyl (C=O) groups excluding carboxylic acids is 1. The van der Waals surface area contributed by atoms with Crippen LogP contribution in [0.2, 0.25) is 0 Å². The van der Waals surface area contributed by atoms with Crippen molar-refractivity contribution in [3.63, 3.8) is 0 Å². The van der Waals surface area contributed by atoms with Crippen LogP contribution in [-0.4, -0.2) is 5.91 Å². The van der Waals surface area contributed by atoms with Crippen molar-refractivity contribution in [3.8, 4) is 6.07 Å². The molecule has 0 heterocycles. The summed E-state index contributed by atoms with van der Waals surface area (Å²) in [6, 6.07) is 27.6. The first-order valence-corrected chi connectivity index (χ1v) is 8.65. The number of carbonyl (C=O) groups is 1. The van der Waals surface area contributed by atoms with Gasteiger partial charge in [-0.3, -0.25) is 4.79 Å². The first kappa shape index (κ1) is 17.4. The first-order valence-electron chi connectivity index (χ1n) is 8.65. The molecule has 128 valence electrons. The Bertz CT molecular complexity index is 909. The molecule has 3 rings (SSSR count). The average Bonchev–Trinajstić information content (AvgIpc) is 2.69. The van der Waals surface area contributed by atoms with Crippen LogP contribution in [0.5, 0.6) is 0 Å². The number of hydrogen-bond donors (Lipinski definition) is 1. The molecule has 3 aromatic carbocycles. The Morgan fingerprint density at radius 2 is 1.54 bits per heavy atom. The van der Waals surface area contributed by atoms with Crippen molar-refractivity contribution in [1.82, 2.24) is 0 Å². The fourth-order valence-electron chi connectivity index (χ4n) is 2.83. The molecule has 0 aliphatic heterocycles. The van der Waals surface area contributed by atoms with Gasteiger partial charge in [0, 0.05) is 12.1 Å². The van der Waals surface area contributed by atoms with Crippen LogP contribution in [0.1, 0.15) is 28.7 Å². The zero-order chi connectivity index (χ0) is 18.2. The molecule has 0 bridgehead atoms. The number of anilines is 1. The van der Waals surface area contributed by atoms with Gasteiger partial charge in [0.1, 0.15) is 0 Å². The molecule has 3 nitrogen and oxygen atoms in total. The fourth-order valence-corrected chi connectivity index (χ4v) is 2.83. The highest BCUT2D eigenvalue weighted by molar-refractivity contribution is 5.91. The lowest BCUT2D eigenvalue weighted by Crippen LogP contribution is -2.13. The molecule has 0 atom stereocenters. The van der Waals surface area contributed by atoms with E-state index in [2.05, 4.69) is 23.5 Å². The number of benzene rings is 3. The summed E-state index contributed by atoms with van der Waals surface area (Å²) in [6.07, 6.45) is 1.84. The molecular formula is C23H20N2O. The van der Waals surface area contributed by atoms with E-state index >= 15 is 0 Å². The van der Waals surface area contributed by atoms with Crippen LogP contribution in [0.4, 0.5) is 5.69 Å². The molecule has 0 aliphatic rings. The van der Waals surface area contributed by atoms with Crippen molar-refractivity contribution in [2.45, 2.75) is 19.3 Å². The highest BCUT2D eigenvalue weighted by Gasteiger charge is 2.08. The van der Waals surface area contributed by atoms with E-state index in [1.807, 2.05) is 54.6 Å². The Labute approximate surface area is 153 Å². The van der Waals surface area contributed by atoms with Gasteiger partial charge >= 0.3 is 0 Å². The molecule has 3 heteroatoms. The second kappa shape index (κ2) is 8.64. The van der Waals surface area contributed by atoms with Gasteiger partial charge in [-0.05, 0) is 47.7 Å². The Balaban J connectivity index is 1.61. The summed E-state index contributed by atoms with van der Waals surface area (Å²) in [5.41, 5.74) is 4.86. The van der Waals surface area contributed by atoms with Crippen LogP contribution < -0.4 is 5.32 Å². The maximum Gasteiger partial charge on any atom is 0.224 e. The largest absolute Gasteiger partial charge is 0.326 e. The molecule has 1 N–H and O–H groups in total. The summed E-state index contributed by atoms with van der Waals surface area (Å²) in [7, 11) is 0. The average molecular weight is 340 g/mol. The highest BCUT2D eigenvalue weighted by atomic mass is 16.1. The van der Waals surface area contributed by atoms with Crippen molar-refractivity contribution >= 4 is 11.6 Å². The van der Waals surface area contributed by atoms with Gasteiger partial charge in [0.2, 0.25) is 5.91 Å². The fraction of sp³-hybridized carbons (Fsp3) is 0.130. The van der Waals surface area contributed by atoms with Crippen LogP contribution in [0.3, 0.4) is 0 Å². The molecular weight excluding hydrogens is 320 g/mol. The zero-order valence-corrected chi connectivity index (χ0v) is 14.5. The smallest absolute Gasteiger partial charge is 0.224 e. The third-order valence-corrected chi connectivity index (χ3v) is 4.25. The van der Waals surface area contributed by atoms with Crippen molar-refractivity contribution in [1.29, 1.82) is 5.26 Å². The molecule has 3 aromatic rings. The maximum absolute atomic E-state index is 12.4. The van der Waals surface area contributed by atoms with Crippen molar-refractivity contribution in [2.24, 2.45) is 0 Å². The number of nitrogens with zero attached hydrogens (tertiary/aromatic N) is 1. The van der Waals surface area contributed by atoms with E-state index in [0.717, 1.165) is 23.2 Å². The normalized spacial score (nSPS) is 10.1. The molecule has 0 aromatic heterocycles. The van der Waals surface area contributed by atoms with E-state index in [9.17, 15) is 4.79 Å². The van der Waals surface area contributed by atoms with Crippen LogP contribution in [0.15, 0.2) is 78.9 Å². The highest BCUT2D eigenvalue weighted by Crippen LogP contribution is 2.19. The monoisotopic (exact) mass is 340 g/mol. The number of rotatable bonds is 6. The molecule has 0 unspecified atom stereocenters. The standard InChI is InChI=1S/C23H20N2O/c24-17-20-12-10-18(11-13-20)14-15-23(26)25-22-9-5-4-8-21(22)16-19-6-2-1-3-7-19/h1-13H,14-16H2,(H,25,26). The van der Waals surface area contributed by atoms with Gasteiger partial charge in [0.25, 0.3) is 0 Å². The SMILES string of the molecule is N#Cc1ccc(CCC(=O)Nc2ccccc2Cc2ccccc2)cc1. The first-order chi connectivity index (χ1) is 12.7. The van der Waals surface area contributed by atoms with E-state index in [1.165, 1.54) is 5.56 Å². The van der Waals surface area contributed by atoms with Gasteiger partial charge < -0.3 is 5.32 Å². The summed E-state index contributed by atoms with van der Waals surface area (Å²) in [5.74, 6) is -0.00475. The third kappa shape index (κ3) is 4.81. The number of nitrogens with one attached hydrogen (secondary N) is 1. The molecule has 0 aliphatic carbocycles. The van der Waals surface area contributed by atoms with Gasteiger partial charge in [0.05, 0.1) is 11.6 Å². The van der Waals surface area contributed by atoms with Gasteiger partial charge in [-0.1, -0.05) is 60.7 Å². The second-order valence-corrected chi connectivity index (χ2v) is 6.18. The molecule has 26 heavy (non-hydrogen) atoms. The topological polar surface area (TPSA) is 52.9 Å². The zero-order valence-electron chi connectivity index (χ0n) is 14.5. The molecule has 0 saturated carbocycles. The lowest BCUT2D eigenvalue weighted by atomic mass is 10.0. The minimum absolute atomic E-state index is 0.00475. The molecule has 0 radical (unpaired) electrons. The van der Waals surface area contributed by atoms with Gasteiger partial charge in [-0.15, -0.1) is 0 Å². The quantitative estimate of drug-likeness (QED) is 0.706. The Morgan fingerprint density at radius 1 is 0.846 bits per heavy atom. The van der Waals surface area contributed by atoms with E-state index in [-0.39, 0.29) is 5.91 Å². The van der Waals surface area contributed by atoms with E-state index in [1.54, 1.807) is 12.1 Å². The molecule has 0 saturated heterocycles. The Morgan fingerprint density at radius 3 is 2.27 bits per heavy atom. The second-order valence-electron chi connectivity index (χ2n) is 6.18. The molecule has 0 fully saturated rings. The maximum atomic E-state index is 12.4. The Hall–Kier alpha value is -3.38. The number of aryl methyl sites for hydroxylation is 1. The number of amides is 1. The van der Waals surface area contributed by atoms with Crippen LogP contribution in [-0.2, 0) is 17.6 Å². The summed E-state index contributed by atoms with van der Waals surface area (Å²) < 4.78 is 0. The van der Waals surface area contributed by atoms with E-state index in [0.29, 0.717) is 18.4 Å². The summed E-state index contributed by atoms with van der Waals surface area (Å²) in [5, 5.41) is 11.9. The van der Waals surface area contributed by atoms with Crippen molar-refractivity contribution in [3.05, 3.63) is 101 Å².